The van der Waals surface area contributed by atoms with Crippen molar-refractivity contribution in [3.05, 3.63) is 29.6 Å². The smallest absolute Gasteiger partial charge is 0.322 e. The maximum absolute atomic E-state index is 13.4. The Labute approximate surface area is 107 Å². The minimum Gasteiger partial charge on any atom is -0.488 e. The molecule has 0 radical (unpaired) electrons. The molecule has 2 aliphatic heterocycles. The van der Waals surface area contributed by atoms with Crippen LogP contribution in [0.4, 0.5) is 9.18 Å². The van der Waals surface area contributed by atoms with Crippen LogP contribution in [0.3, 0.4) is 0 Å². The Morgan fingerprint density at radius 2 is 2.26 bits per heavy atom. The number of rotatable bonds is 1. The van der Waals surface area contributed by atoms with Crippen molar-refractivity contribution in [1.29, 1.82) is 0 Å². The van der Waals surface area contributed by atoms with Crippen LogP contribution in [-0.4, -0.2) is 29.8 Å². The standard InChI is InChI=1S/C12H11FN2O4/c13-6-1-2-9-8(3-6)12(4-7(5-16)19-9)10(17)14-11(18)15-12/h1-3,7,16H,4-5H2,(H2,14,15,17,18)/t7-,12-/m1/s1. The van der Waals surface area contributed by atoms with E-state index in [-0.39, 0.29) is 24.3 Å². The molecule has 0 bridgehead atoms. The lowest BCUT2D eigenvalue weighted by Crippen LogP contribution is -2.51. The van der Waals surface area contributed by atoms with Crippen molar-refractivity contribution in [3.8, 4) is 5.75 Å². The lowest BCUT2D eigenvalue weighted by molar-refractivity contribution is -0.126. The first-order valence-electron chi connectivity index (χ1n) is 5.76. The highest BCUT2D eigenvalue weighted by Crippen LogP contribution is 2.41. The van der Waals surface area contributed by atoms with Crippen LogP contribution in [0, 0.1) is 5.82 Å². The molecule has 7 heteroatoms. The van der Waals surface area contributed by atoms with Gasteiger partial charge >= 0.3 is 6.03 Å². The van der Waals surface area contributed by atoms with Gasteiger partial charge in [0, 0.05) is 12.0 Å². The quantitative estimate of drug-likeness (QED) is 0.624. The van der Waals surface area contributed by atoms with Gasteiger partial charge in [-0.15, -0.1) is 0 Å². The van der Waals surface area contributed by atoms with Gasteiger partial charge in [-0.25, -0.2) is 9.18 Å². The van der Waals surface area contributed by atoms with Crippen molar-refractivity contribution in [3.63, 3.8) is 0 Å². The molecule has 0 unspecified atom stereocenters. The molecule has 1 spiro atoms. The summed E-state index contributed by atoms with van der Waals surface area (Å²) in [5, 5.41) is 13.9. The zero-order chi connectivity index (χ0) is 13.6. The molecule has 1 aromatic rings. The largest absolute Gasteiger partial charge is 0.488 e. The summed E-state index contributed by atoms with van der Waals surface area (Å²) in [6.45, 7) is -0.304. The number of fused-ring (bicyclic) bond motifs is 2. The summed E-state index contributed by atoms with van der Waals surface area (Å²) in [4.78, 5) is 23.4. The summed E-state index contributed by atoms with van der Waals surface area (Å²) < 4.78 is 18.8. The fourth-order valence-corrected chi connectivity index (χ4v) is 2.54. The molecule has 0 saturated carbocycles. The average molecular weight is 266 g/mol. The topological polar surface area (TPSA) is 87.7 Å². The molecule has 2 aliphatic rings. The third-order valence-corrected chi connectivity index (χ3v) is 3.37. The number of carbonyl (C=O) groups is 2. The van der Waals surface area contributed by atoms with Crippen LogP contribution in [0.25, 0.3) is 0 Å². The number of imide groups is 1. The molecule has 1 fully saturated rings. The lowest BCUT2D eigenvalue weighted by Gasteiger charge is -2.36. The van der Waals surface area contributed by atoms with Crippen LogP contribution in [-0.2, 0) is 10.3 Å². The highest BCUT2D eigenvalue weighted by atomic mass is 19.1. The van der Waals surface area contributed by atoms with Gasteiger partial charge in [0.05, 0.1) is 6.61 Å². The second kappa shape index (κ2) is 3.92. The van der Waals surface area contributed by atoms with Gasteiger partial charge in [0.25, 0.3) is 5.91 Å². The Morgan fingerprint density at radius 3 is 2.89 bits per heavy atom. The molecule has 0 aromatic heterocycles. The Bertz CT molecular complexity index is 577. The molecule has 3 N–H and O–H groups in total. The first-order valence-corrected chi connectivity index (χ1v) is 5.76. The third-order valence-electron chi connectivity index (χ3n) is 3.37. The minimum atomic E-state index is -1.37. The van der Waals surface area contributed by atoms with Gasteiger partial charge in [0.2, 0.25) is 0 Å². The Balaban J connectivity index is 2.17. The van der Waals surface area contributed by atoms with E-state index in [1.807, 2.05) is 0 Å². The maximum atomic E-state index is 13.4. The van der Waals surface area contributed by atoms with E-state index in [9.17, 15) is 19.1 Å². The van der Waals surface area contributed by atoms with Gasteiger partial charge in [-0.2, -0.15) is 0 Å². The number of benzene rings is 1. The first kappa shape index (κ1) is 11.9. The fourth-order valence-electron chi connectivity index (χ4n) is 2.54. The number of halogens is 1. The summed E-state index contributed by atoms with van der Waals surface area (Å²) in [6, 6.07) is 3.10. The van der Waals surface area contributed by atoms with E-state index in [4.69, 9.17) is 4.74 Å². The van der Waals surface area contributed by atoms with Gasteiger partial charge in [-0.3, -0.25) is 10.1 Å². The summed E-state index contributed by atoms with van der Waals surface area (Å²) in [6.07, 6.45) is -0.584. The van der Waals surface area contributed by atoms with Crippen molar-refractivity contribution < 1.29 is 23.8 Å². The number of hydrogen-bond acceptors (Lipinski definition) is 4. The Hall–Kier alpha value is -2.15. The number of aliphatic hydroxyl groups is 1. The van der Waals surface area contributed by atoms with Crippen LogP contribution in [0.1, 0.15) is 12.0 Å². The highest BCUT2D eigenvalue weighted by Gasteiger charge is 2.53. The van der Waals surface area contributed by atoms with Gasteiger partial charge in [-0.05, 0) is 18.2 Å². The predicted molar refractivity (Wildman–Crippen MR) is 60.9 cm³/mol. The summed E-state index contributed by atoms with van der Waals surface area (Å²) in [5.41, 5.74) is -1.11. The van der Waals surface area contributed by atoms with E-state index in [1.165, 1.54) is 12.1 Å². The van der Waals surface area contributed by atoms with Crippen LogP contribution >= 0.6 is 0 Å². The van der Waals surface area contributed by atoms with Crippen molar-refractivity contribution in [2.24, 2.45) is 0 Å². The third kappa shape index (κ3) is 1.66. The van der Waals surface area contributed by atoms with Crippen LogP contribution < -0.4 is 15.4 Å². The minimum absolute atomic E-state index is 0.0531. The number of ether oxygens (including phenoxy) is 1. The monoisotopic (exact) mass is 266 g/mol. The van der Waals surface area contributed by atoms with Crippen LogP contribution in [0.15, 0.2) is 18.2 Å². The van der Waals surface area contributed by atoms with Crippen molar-refractivity contribution in [2.45, 2.75) is 18.1 Å². The van der Waals surface area contributed by atoms with Gasteiger partial charge in [-0.1, -0.05) is 0 Å². The number of amides is 3. The van der Waals surface area contributed by atoms with Gasteiger partial charge < -0.3 is 15.2 Å². The average Bonchev–Trinajstić information content (AvgIpc) is 2.65. The summed E-state index contributed by atoms with van der Waals surface area (Å²) >= 11 is 0. The van der Waals surface area contributed by atoms with Gasteiger partial charge in [0.15, 0.2) is 5.54 Å². The number of carbonyl (C=O) groups excluding carboxylic acids is 2. The van der Waals surface area contributed by atoms with E-state index in [1.54, 1.807) is 0 Å². The molecular weight excluding hydrogens is 255 g/mol. The molecule has 3 amide bonds. The van der Waals surface area contributed by atoms with Crippen molar-refractivity contribution in [2.75, 3.05) is 6.61 Å². The van der Waals surface area contributed by atoms with Crippen LogP contribution in [0.2, 0.25) is 0 Å². The number of nitrogens with one attached hydrogen (secondary N) is 2. The molecule has 1 saturated heterocycles. The Kier molecular flexibility index (Phi) is 2.46. The highest BCUT2D eigenvalue weighted by molar-refractivity contribution is 6.07. The van der Waals surface area contributed by atoms with Crippen LogP contribution in [0.5, 0.6) is 5.75 Å². The second-order valence-corrected chi connectivity index (χ2v) is 4.58. The summed E-state index contributed by atoms with van der Waals surface area (Å²) in [7, 11) is 0. The number of hydrogen-bond donors (Lipinski definition) is 3. The number of aliphatic hydroxyl groups excluding tert-OH is 1. The molecule has 100 valence electrons. The summed E-state index contributed by atoms with van der Waals surface area (Å²) in [5.74, 6) is -0.812. The molecule has 0 aliphatic carbocycles. The zero-order valence-corrected chi connectivity index (χ0v) is 9.77. The van der Waals surface area contributed by atoms with E-state index < -0.39 is 29.4 Å². The lowest BCUT2D eigenvalue weighted by atomic mass is 9.82. The number of urea groups is 1. The molecular formula is C12H11FN2O4. The van der Waals surface area contributed by atoms with E-state index in [0.29, 0.717) is 0 Å². The van der Waals surface area contributed by atoms with E-state index in [2.05, 4.69) is 10.6 Å². The molecule has 2 atom stereocenters. The van der Waals surface area contributed by atoms with E-state index >= 15 is 0 Å². The maximum Gasteiger partial charge on any atom is 0.322 e. The molecule has 1 aromatic carbocycles. The van der Waals surface area contributed by atoms with Gasteiger partial charge in [0.1, 0.15) is 17.7 Å². The molecule has 3 rings (SSSR count). The van der Waals surface area contributed by atoms with Crippen molar-refractivity contribution >= 4 is 11.9 Å². The SMILES string of the molecule is O=C1NC(=O)[C@]2(C[C@H](CO)Oc3ccc(F)cc32)N1. The normalized spacial score (nSPS) is 28.6. The molecule has 19 heavy (non-hydrogen) atoms. The van der Waals surface area contributed by atoms with E-state index in [0.717, 1.165) is 6.07 Å². The fraction of sp³-hybridized carbons (Fsp3) is 0.333. The molecule has 2 heterocycles. The zero-order valence-electron chi connectivity index (χ0n) is 9.77. The van der Waals surface area contributed by atoms with Crippen molar-refractivity contribution in [1.82, 2.24) is 10.6 Å². The Morgan fingerprint density at radius 1 is 1.47 bits per heavy atom. The molecule has 6 nitrogen and oxygen atoms in total. The second-order valence-electron chi connectivity index (χ2n) is 4.58. The first-order chi connectivity index (χ1) is 9.05. The predicted octanol–water partition coefficient (Wildman–Crippen LogP) is 0.00380.